The molecule has 0 saturated carbocycles. The molecule has 1 aromatic heterocycles. The highest BCUT2D eigenvalue weighted by molar-refractivity contribution is 5.89. The van der Waals surface area contributed by atoms with Gasteiger partial charge in [-0.1, -0.05) is 12.1 Å². The number of esters is 2. The number of carbonyl (C=O) groups excluding carboxylic acids is 2. The lowest BCUT2D eigenvalue weighted by Gasteiger charge is -2.09. The van der Waals surface area contributed by atoms with Crippen molar-refractivity contribution in [1.82, 2.24) is 0 Å². The molecule has 0 spiro atoms. The van der Waals surface area contributed by atoms with Gasteiger partial charge in [0.25, 0.3) is 0 Å². The minimum Gasteiger partial charge on any atom is -0.462 e. The van der Waals surface area contributed by atoms with Crippen LogP contribution in [0.25, 0.3) is 11.0 Å². The Bertz CT molecular complexity index is 1110. The molecule has 0 atom stereocenters. The third kappa shape index (κ3) is 4.71. The van der Waals surface area contributed by atoms with Crippen LogP contribution in [0.1, 0.15) is 40.4 Å². The summed E-state index contributed by atoms with van der Waals surface area (Å²) in [5.74, 6) is -0.587. The van der Waals surface area contributed by atoms with Crippen molar-refractivity contribution in [1.29, 1.82) is 0 Å². The van der Waals surface area contributed by atoms with Crippen molar-refractivity contribution in [3.8, 4) is 5.75 Å². The number of fused-ring (bicyclic) bond motifs is 1. The van der Waals surface area contributed by atoms with Gasteiger partial charge in [0, 0.05) is 10.9 Å². The fourth-order valence-electron chi connectivity index (χ4n) is 3.07. The quantitative estimate of drug-likeness (QED) is 0.355. The fraction of sp³-hybridized carbons (Fsp3) is 0.261. The predicted octanol–water partition coefficient (Wildman–Crippen LogP) is 4.12. The van der Waals surface area contributed by atoms with Crippen LogP contribution in [0.4, 0.5) is 0 Å². The molecule has 0 radical (unpaired) electrons. The Balaban J connectivity index is 1.67. The SMILES string of the molecule is CCOC(=O)c1ccc(OC(=O)CCc2c(C)c3ccc(C)cc3oc2=O)cc1. The van der Waals surface area contributed by atoms with Gasteiger partial charge in [-0.3, -0.25) is 4.79 Å². The first-order chi connectivity index (χ1) is 13.9. The van der Waals surface area contributed by atoms with Gasteiger partial charge >= 0.3 is 17.6 Å². The molecule has 3 rings (SSSR count). The van der Waals surface area contributed by atoms with Crippen LogP contribution in [-0.2, 0) is 16.0 Å². The van der Waals surface area contributed by atoms with E-state index in [1.54, 1.807) is 6.92 Å². The van der Waals surface area contributed by atoms with E-state index < -0.39 is 17.6 Å². The minimum atomic E-state index is -0.475. The van der Waals surface area contributed by atoms with Gasteiger partial charge in [-0.25, -0.2) is 9.59 Å². The van der Waals surface area contributed by atoms with Crippen molar-refractivity contribution < 1.29 is 23.5 Å². The smallest absolute Gasteiger partial charge is 0.339 e. The molecular formula is C23H22O6. The summed E-state index contributed by atoms with van der Waals surface area (Å²) in [6.07, 6.45) is 0.250. The zero-order chi connectivity index (χ0) is 21.0. The molecule has 0 amide bonds. The molecule has 0 N–H and O–H groups in total. The molecule has 0 unspecified atom stereocenters. The second-order valence-electron chi connectivity index (χ2n) is 6.71. The van der Waals surface area contributed by atoms with E-state index in [4.69, 9.17) is 13.9 Å². The van der Waals surface area contributed by atoms with E-state index in [9.17, 15) is 14.4 Å². The van der Waals surface area contributed by atoms with E-state index in [0.29, 0.717) is 22.5 Å². The van der Waals surface area contributed by atoms with Crippen LogP contribution < -0.4 is 10.4 Å². The molecule has 1 heterocycles. The van der Waals surface area contributed by atoms with Gasteiger partial charge in [-0.15, -0.1) is 0 Å². The monoisotopic (exact) mass is 394 g/mol. The summed E-state index contributed by atoms with van der Waals surface area (Å²) >= 11 is 0. The fourth-order valence-corrected chi connectivity index (χ4v) is 3.07. The van der Waals surface area contributed by atoms with Crippen molar-refractivity contribution in [2.24, 2.45) is 0 Å². The van der Waals surface area contributed by atoms with Gasteiger partial charge in [-0.2, -0.15) is 0 Å². The Kier molecular flexibility index (Phi) is 6.12. The molecule has 6 nitrogen and oxygen atoms in total. The van der Waals surface area contributed by atoms with Crippen molar-refractivity contribution in [3.63, 3.8) is 0 Å². The highest BCUT2D eigenvalue weighted by atomic mass is 16.5. The summed E-state index contributed by atoms with van der Waals surface area (Å²) < 4.78 is 15.6. The van der Waals surface area contributed by atoms with Gasteiger partial charge in [0.2, 0.25) is 0 Å². The molecule has 6 heteroatoms. The number of carbonyl (C=O) groups is 2. The Labute approximate surface area is 168 Å². The Morgan fingerprint density at radius 2 is 1.76 bits per heavy atom. The summed E-state index contributed by atoms with van der Waals surface area (Å²) in [6, 6.07) is 11.8. The molecule has 2 aromatic carbocycles. The van der Waals surface area contributed by atoms with Crippen LogP contribution in [0.5, 0.6) is 5.75 Å². The number of ether oxygens (including phenoxy) is 2. The number of hydrogen-bond donors (Lipinski definition) is 0. The van der Waals surface area contributed by atoms with Crippen LogP contribution in [0, 0.1) is 13.8 Å². The van der Waals surface area contributed by atoms with Gasteiger partial charge in [0.15, 0.2) is 0 Å². The zero-order valence-electron chi connectivity index (χ0n) is 16.6. The molecule has 3 aromatic rings. The van der Waals surface area contributed by atoms with Gasteiger partial charge in [-0.05, 0) is 68.7 Å². The zero-order valence-corrected chi connectivity index (χ0v) is 16.6. The first kappa shape index (κ1) is 20.3. The summed E-state index contributed by atoms with van der Waals surface area (Å²) in [5.41, 5.74) is 2.77. The second-order valence-corrected chi connectivity index (χ2v) is 6.71. The first-order valence-electron chi connectivity index (χ1n) is 9.40. The van der Waals surface area contributed by atoms with E-state index in [2.05, 4.69) is 0 Å². The number of benzene rings is 2. The van der Waals surface area contributed by atoms with Crippen molar-refractivity contribution >= 4 is 22.9 Å². The summed E-state index contributed by atoms with van der Waals surface area (Å²) in [4.78, 5) is 36.2. The van der Waals surface area contributed by atoms with Crippen LogP contribution in [-0.4, -0.2) is 18.5 Å². The molecule has 0 fully saturated rings. The highest BCUT2D eigenvalue weighted by Crippen LogP contribution is 2.21. The van der Waals surface area contributed by atoms with E-state index in [0.717, 1.165) is 16.5 Å². The van der Waals surface area contributed by atoms with Gasteiger partial charge < -0.3 is 13.9 Å². The van der Waals surface area contributed by atoms with E-state index >= 15 is 0 Å². The minimum absolute atomic E-state index is 0.0304. The number of aryl methyl sites for hydroxylation is 2. The molecule has 29 heavy (non-hydrogen) atoms. The van der Waals surface area contributed by atoms with E-state index in [-0.39, 0.29) is 19.4 Å². The Morgan fingerprint density at radius 1 is 1.03 bits per heavy atom. The predicted molar refractivity (Wildman–Crippen MR) is 108 cm³/mol. The molecule has 0 aliphatic rings. The lowest BCUT2D eigenvalue weighted by Crippen LogP contribution is -2.15. The lowest BCUT2D eigenvalue weighted by atomic mass is 10.0. The maximum atomic E-state index is 12.3. The summed E-state index contributed by atoms with van der Waals surface area (Å²) in [6.45, 7) is 5.80. The molecule has 0 aliphatic heterocycles. The van der Waals surface area contributed by atoms with Crippen LogP contribution in [0.15, 0.2) is 51.7 Å². The second kappa shape index (κ2) is 8.73. The third-order valence-corrected chi connectivity index (χ3v) is 4.62. The number of rotatable bonds is 6. The standard InChI is InChI=1S/C23H22O6/c1-4-27-22(25)16-6-8-17(9-7-16)28-21(24)12-11-19-15(3)18-10-5-14(2)13-20(18)29-23(19)26/h5-10,13H,4,11-12H2,1-3H3. The molecule has 0 aliphatic carbocycles. The van der Waals surface area contributed by atoms with Crippen LogP contribution in [0.2, 0.25) is 0 Å². The van der Waals surface area contributed by atoms with Gasteiger partial charge in [0.1, 0.15) is 11.3 Å². The van der Waals surface area contributed by atoms with Crippen molar-refractivity contribution in [2.45, 2.75) is 33.6 Å². The maximum absolute atomic E-state index is 12.3. The molecular weight excluding hydrogens is 372 g/mol. The van der Waals surface area contributed by atoms with Gasteiger partial charge in [0.05, 0.1) is 18.6 Å². The third-order valence-electron chi connectivity index (χ3n) is 4.62. The normalized spacial score (nSPS) is 10.7. The first-order valence-corrected chi connectivity index (χ1v) is 9.40. The van der Waals surface area contributed by atoms with Crippen LogP contribution >= 0.6 is 0 Å². The molecule has 150 valence electrons. The topological polar surface area (TPSA) is 82.8 Å². The average molecular weight is 394 g/mol. The Hall–Kier alpha value is -3.41. The summed E-state index contributed by atoms with van der Waals surface area (Å²) in [5, 5.41) is 0.855. The molecule has 0 bridgehead atoms. The maximum Gasteiger partial charge on any atom is 0.339 e. The average Bonchev–Trinajstić information content (AvgIpc) is 2.68. The number of hydrogen-bond acceptors (Lipinski definition) is 6. The highest BCUT2D eigenvalue weighted by Gasteiger charge is 2.14. The van der Waals surface area contributed by atoms with Crippen molar-refractivity contribution in [3.05, 3.63) is 75.1 Å². The largest absolute Gasteiger partial charge is 0.462 e. The van der Waals surface area contributed by atoms with E-state index in [1.165, 1.54) is 24.3 Å². The Morgan fingerprint density at radius 3 is 2.45 bits per heavy atom. The van der Waals surface area contributed by atoms with Crippen LogP contribution in [0.3, 0.4) is 0 Å². The summed E-state index contributed by atoms with van der Waals surface area (Å²) in [7, 11) is 0. The lowest BCUT2D eigenvalue weighted by molar-refractivity contribution is -0.134. The van der Waals surface area contributed by atoms with Crippen molar-refractivity contribution in [2.75, 3.05) is 6.61 Å². The van der Waals surface area contributed by atoms with E-state index in [1.807, 2.05) is 32.0 Å². The molecule has 0 saturated heterocycles.